The molecule has 4 heteroatoms. The summed E-state index contributed by atoms with van der Waals surface area (Å²) >= 11 is 0. The lowest BCUT2D eigenvalue weighted by Gasteiger charge is -2.26. The summed E-state index contributed by atoms with van der Waals surface area (Å²) < 4.78 is 0. The summed E-state index contributed by atoms with van der Waals surface area (Å²) in [6.07, 6.45) is 6.55. The van der Waals surface area contributed by atoms with Gasteiger partial charge in [0.1, 0.15) is 11.9 Å². The predicted octanol–water partition coefficient (Wildman–Crippen LogP) is 2.43. The van der Waals surface area contributed by atoms with E-state index in [-0.39, 0.29) is 6.61 Å². The van der Waals surface area contributed by atoms with Crippen molar-refractivity contribution in [1.29, 1.82) is 5.26 Å². The second kappa shape index (κ2) is 7.25. The average molecular weight is 273 g/mol. The van der Waals surface area contributed by atoms with Crippen LogP contribution in [0.1, 0.15) is 49.4 Å². The van der Waals surface area contributed by atoms with Gasteiger partial charge in [0, 0.05) is 18.8 Å². The molecule has 1 aliphatic carbocycles. The lowest BCUT2D eigenvalue weighted by Crippen LogP contribution is -2.30. The molecule has 1 aromatic heterocycles. The van der Waals surface area contributed by atoms with Crippen molar-refractivity contribution < 1.29 is 5.11 Å². The number of anilines is 1. The van der Waals surface area contributed by atoms with Gasteiger partial charge in [-0.25, -0.2) is 4.98 Å². The molecule has 1 heterocycles. The quantitative estimate of drug-likeness (QED) is 0.864. The molecule has 0 spiro atoms. The summed E-state index contributed by atoms with van der Waals surface area (Å²) in [6.45, 7) is 3.62. The van der Waals surface area contributed by atoms with Crippen LogP contribution >= 0.6 is 0 Å². The maximum atomic E-state index is 9.38. The molecule has 0 fully saturated rings. The molecule has 0 aliphatic heterocycles. The Hall–Kier alpha value is -1.60. The third-order valence-electron chi connectivity index (χ3n) is 3.85. The highest BCUT2D eigenvalue weighted by atomic mass is 16.3. The number of nitrogens with zero attached hydrogens (tertiary/aromatic N) is 3. The maximum Gasteiger partial charge on any atom is 0.146 e. The molecule has 0 unspecified atom stereocenters. The van der Waals surface area contributed by atoms with E-state index in [1.165, 1.54) is 18.4 Å². The number of hydrogen-bond donors (Lipinski definition) is 1. The van der Waals surface area contributed by atoms with Crippen LogP contribution in [0.5, 0.6) is 0 Å². The molecule has 0 amide bonds. The van der Waals surface area contributed by atoms with Gasteiger partial charge in [-0.3, -0.25) is 0 Å². The van der Waals surface area contributed by atoms with Crippen molar-refractivity contribution in [3.63, 3.8) is 0 Å². The van der Waals surface area contributed by atoms with Crippen LogP contribution in [0.4, 0.5) is 5.82 Å². The first-order valence-corrected chi connectivity index (χ1v) is 7.58. The van der Waals surface area contributed by atoms with Crippen molar-refractivity contribution in [1.82, 2.24) is 4.98 Å². The molecule has 1 aliphatic rings. The number of pyridine rings is 1. The molecule has 108 valence electrons. The van der Waals surface area contributed by atoms with Crippen molar-refractivity contribution in [3.05, 3.63) is 22.9 Å². The highest BCUT2D eigenvalue weighted by Gasteiger charge is 2.18. The summed E-state index contributed by atoms with van der Waals surface area (Å²) in [4.78, 5) is 6.80. The number of aliphatic hydroxyl groups is 1. The van der Waals surface area contributed by atoms with Gasteiger partial charge in [0.05, 0.1) is 12.2 Å². The van der Waals surface area contributed by atoms with E-state index in [1.54, 1.807) is 0 Å². The molecule has 2 rings (SSSR count). The lowest BCUT2D eigenvalue weighted by atomic mass is 9.95. The number of nitriles is 1. The number of aryl methyl sites for hydroxylation is 2. The molecule has 0 atom stereocenters. The molecule has 1 aromatic rings. The number of hydrogen-bond acceptors (Lipinski definition) is 4. The lowest BCUT2D eigenvalue weighted by molar-refractivity contribution is 0.301. The molecule has 0 aromatic carbocycles. The smallest absolute Gasteiger partial charge is 0.146 e. The van der Waals surface area contributed by atoms with Crippen LogP contribution in [-0.2, 0) is 12.8 Å². The first-order valence-electron chi connectivity index (χ1n) is 7.58. The minimum absolute atomic E-state index is 0.0906. The average Bonchev–Trinajstić information content (AvgIpc) is 2.50. The zero-order valence-corrected chi connectivity index (χ0v) is 12.2. The van der Waals surface area contributed by atoms with Crippen molar-refractivity contribution in [2.45, 2.75) is 45.4 Å². The fraction of sp³-hybridized carbons (Fsp3) is 0.625. The molecular formula is C16H23N3O. The summed E-state index contributed by atoms with van der Waals surface area (Å²) in [6, 6.07) is 4.28. The number of aliphatic hydroxyl groups excluding tert-OH is 1. The van der Waals surface area contributed by atoms with E-state index in [2.05, 4.69) is 17.9 Å². The van der Waals surface area contributed by atoms with Gasteiger partial charge in [-0.2, -0.15) is 5.26 Å². The number of rotatable bonds is 6. The van der Waals surface area contributed by atoms with E-state index < -0.39 is 0 Å². The fourth-order valence-electron chi connectivity index (χ4n) is 2.74. The maximum absolute atomic E-state index is 9.38. The van der Waals surface area contributed by atoms with Gasteiger partial charge in [0.2, 0.25) is 0 Å². The largest absolute Gasteiger partial charge is 0.395 e. The van der Waals surface area contributed by atoms with E-state index >= 15 is 0 Å². The van der Waals surface area contributed by atoms with Crippen molar-refractivity contribution in [2.24, 2.45) is 0 Å². The SMILES string of the molecule is CCCCN(CCO)c1nc2c(cc1C#N)CCCC2. The Balaban J connectivity index is 2.34. The topological polar surface area (TPSA) is 60.1 Å². The van der Waals surface area contributed by atoms with E-state index in [0.717, 1.165) is 43.7 Å². The van der Waals surface area contributed by atoms with Crippen molar-refractivity contribution in [2.75, 3.05) is 24.6 Å². The minimum atomic E-state index is 0.0906. The number of fused-ring (bicyclic) bond motifs is 1. The van der Waals surface area contributed by atoms with Crippen LogP contribution in [0.15, 0.2) is 6.07 Å². The summed E-state index contributed by atoms with van der Waals surface area (Å²) in [7, 11) is 0. The molecule has 4 nitrogen and oxygen atoms in total. The standard InChI is InChI=1S/C16H23N3O/c1-2-3-8-19(9-10-20)16-14(12-17)11-13-6-4-5-7-15(13)18-16/h11,20H,2-10H2,1H3. The van der Waals surface area contributed by atoms with Crippen LogP contribution in [0.3, 0.4) is 0 Å². The third kappa shape index (κ3) is 3.29. The van der Waals surface area contributed by atoms with E-state index in [1.807, 2.05) is 6.07 Å². The molecular weight excluding hydrogens is 250 g/mol. The molecule has 20 heavy (non-hydrogen) atoms. The number of aromatic nitrogens is 1. The van der Waals surface area contributed by atoms with E-state index in [4.69, 9.17) is 4.98 Å². The second-order valence-corrected chi connectivity index (χ2v) is 5.35. The molecule has 1 N–H and O–H groups in total. The predicted molar refractivity (Wildman–Crippen MR) is 79.8 cm³/mol. The highest BCUT2D eigenvalue weighted by molar-refractivity contribution is 5.56. The Labute approximate surface area is 121 Å². The van der Waals surface area contributed by atoms with Crippen LogP contribution in [0, 0.1) is 11.3 Å². The molecule has 0 saturated heterocycles. The van der Waals surface area contributed by atoms with Gasteiger partial charge in [0.15, 0.2) is 0 Å². The van der Waals surface area contributed by atoms with E-state index in [0.29, 0.717) is 12.1 Å². The van der Waals surface area contributed by atoms with Crippen LogP contribution < -0.4 is 4.90 Å². The monoisotopic (exact) mass is 273 g/mol. The molecule has 0 radical (unpaired) electrons. The number of unbranched alkanes of at least 4 members (excludes halogenated alkanes) is 1. The first-order chi connectivity index (χ1) is 9.80. The van der Waals surface area contributed by atoms with Gasteiger partial charge in [-0.15, -0.1) is 0 Å². The second-order valence-electron chi connectivity index (χ2n) is 5.35. The summed E-state index contributed by atoms with van der Waals surface area (Å²) in [5.74, 6) is 0.760. The van der Waals surface area contributed by atoms with Gasteiger partial charge >= 0.3 is 0 Å². The molecule has 0 saturated carbocycles. The van der Waals surface area contributed by atoms with Gasteiger partial charge in [0.25, 0.3) is 0 Å². The van der Waals surface area contributed by atoms with E-state index in [9.17, 15) is 10.4 Å². The van der Waals surface area contributed by atoms with Gasteiger partial charge in [-0.1, -0.05) is 13.3 Å². The van der Waals surface area contributed by atoms with Crippen LogP contribution in [0.25, 0.3) is 0 Å². The zero-order valence-electron chi connectivity index (χ0n) is 12.2. The van der Waals surface area contributed by atoms with Crippen LogP contribution in [0.2, 0.25) is 0 Å². The van der Waals surface area contributed by atoms with Gasteiger partial charge in [-0.05, 0) is 43.7 Å². The minimum Gasteiger partial charge on any atom is -0.395 e. The summed E-state index contributed by atoms with van der Waals surface area (Å²) in [5.41, 5.74) is 3.02. The normalized spacial score (nSPS) is 13.7. The first kappa shape index (κ1) is 14.8. The Bertz CT molecular complexity index is 493. The van der Waals surface area contributed by atoms with Crippen LogP contribution in [-0.4, -0.2) is 29.8 Å². The Morgan fingerprint density at radius 2 is 2.15 bits per heavy atom. The van der Waals surface area contributed by atoms with Crippen molar-refractivity contribution >= 4 is 5.82 Å². The van der Waals surface area contributed by atoms with Crippen molar-refractivity contribution in [3.8, 4) is 6.07 Å². The molecule has 0 bridgehead atoms. The Morgan fingerprint density at radius 1 is 1.35 bits per heavy atom. The fourth-order valence-corrected chi connectivity index (χ4v) is 2.74. The zero-order chi connectivity index (χ0) is 14.4. The Morgan fingerprint density at radius 3 is 2.85 bits per heavy atom. The third-order valence-corrected chi connectivity index (χ3v) is 3.85. The summed E-state index contributed by atoms with van der Waals surface area (Å²) in [5, 5.41) is 18.6. The van der Waals surface area contributed by atoms with Gasteiger partial charge < -0.3 is 10.0 Å². The Kier molecular flexibility index (Phi) is 5.37. The highest BCUT2D eigenvalue weighted by Crippen LogP contribution is 2.26.